The maximum Gasteiger partial charge on any atom is 0.187 e. The van der Waals surface area contributed by atoms with Gasteiger partial charge in [0, 0.05) is 13.2 Å². The van der Waals surface area contributed by atoms with E-state index in [9.17, 15) is 5.11 Å². The molecule has 1 atom stereocenters. The molecule has 0 bridgehead atoms. The van der Waals surface area contributed by atoms with Crippen LogP contribution in [0, 0.1) is 0 Å². The van der Waals surface area contributed by atoms with Crippen LogP contribution in [0.5, 0.6) is 5.75 Å². The molecule has 1 aromatic rings. The lowest BCUT2D eigenvalue weighted by molar-refractivity contribution is 0.114. The van der Waals surface area contributed by atoms with Crippen molar-refractivity contribution in [1.29, 1.82) is 0 Å². The third kappa shape index (κ3) is 4.84. The minimum Gasteiger partial charge on any atom is -0.508 e. The van der Waals surface area contributed by atoms with Gasteiger partial charge >= 0.3 is 0 Å². The standard InChI is InChI=1S/C13H17N3O2S/c17-11-4-1-3-10(7-11)8-15-16-13(19)14-9-12-5-2-6-18-12/h1,3-4,7-8,12,17H,2,5-6,9H2,(H2,14,16,19)/b15-8-/t12-/m1/s1. The van der Waals surface area contributed by atoms with Gasteiger partial charge in [0.2, 0.25) is 0 Å². The topological polar surface area (TPSA) is 65.9 Å². The van der Waals surface area contributed by atoms with Gasteiger partial charge in [0.25, 0.3) is 0 Å². The zero-order chi connectivity index (χ0) is 13.5. The Bertz CT molecular complexity index is 459. The molecule has 0 saturated carbocycles. The molecule has 1 aliphatic rings. The van der Waals surface area contributed by atoms with Gasteiger partial charge in [-0.05, 0) is 42.8 Å². The summed E-state index contributed by atoms with van der Waals surface area (Å²) in [5.41, 5.74) is 3.53. The van der Waals surface area contributed by atoms with Crippen LogP contribution in [0.15, 0.2) is 29.4 Å². The molecule has 1 aliphatic heterocycles. The Kier molecular flexibility index (Phi) is 5.11. The van der Waals surface area contributed by atoms with Gasteiger partial charge in [-0.25, -0.2) is 0 Å². The fourth-order valence-electron chi connectivity index (χ4n) is 1.82. The SMILES string of the molecule is Oc1cccc(/C=N\NC(=S)NC[C@H]2CCCO2)c1. The summed E-state index contributed by atoms with van der Waals surface area (Å²) >= 11 is 5.09. The van der Waals surface area contributed by atoms with Crippen LogP contribution in [0.2, 0.25) is 0 Å². The molecule has 1 saturated heterocycles. The van der Waals surface area contributed by atoms with Crippen LogP contribution in [0.4, 0.5) is 0 Å². The molecule has 0 aromatic heterocycles. The number of ether oxygens (including phenoxy) is 1. The van der Waals surface area contributed by atoms with Crippen molar-refractivity contribution in [2.75, 3.05) is 13.2 Å². The van der Waals surface area contributed by atoms with Crippen LogP contribution in [0.1, 0.15) is 18.4 Å². The average molecular weight is 279 g/mol. The van der Waals surface area contributed by atoms with E-state index in [1.165, 1.54) is 0 Å². The lowest BCUT2D eigenvalue weighted by Crippen LogP contribution is -2.37. The van der Waals surface area contributed by atoms with Crippen molar-refractivity contribution in [3.63, 3.8) is 0 Å². The van der Waals surface area contributed by atoms with Gasteiger partial charge in [-0.2, -0.15) is 5.10 Å². The third-order valence-corrected chi connectivity index (χ3v) is 3.00. The van der Waals surface area contributed by atoms with Crippen LogP contribution < -0.4 is 10.7 Å². The summed E-state index contributed by atoms with van der Waals surface area (Å²) in [4.78, 5) is 0. The highest BCUT2D eigenvalue weighted by atomic mass is 32.1. The number of nitrogens with one attached hydrogen (secondary N) is 2. The second kappa shape index (κ2) is 7.06. The Morgan fingerprint density at radius 1 is 1.58 bits per heavy atom. The first-order valence-corrected chi connectivity index (χ1v) is 6.62. The number of hydrogen-bond donors (Lipinski definition) is 3. The highest BCUT2D eigenvalue weighted by Crippen LogP contribution is 2.10. The normalized spacial score (nSPS) is 18.6. The number of nitrogens with zero attached hydrogens (tertiary/aromatic N) is 1. The monoisotopic (exact) mass is 279 g/mol. The second-order valence-corrected chi connectivity index (χ2v) is 4.72. The maximum atomic E-state index is 9.29. The van der Waals surface area contributed by atoms with Gasteiger partial charge in [0.15, 0.2) is 5.11 Å². The summed E-state index contributed by atoms with van der Waals surface area (Å²) in [6.07, 6.45) is 4.03. The van der Waals surface area contributed by atoms with E-state index < -0.39 is 0 Å². The van der Waals surface area contributed by atoms with E-state index in [0.717, 1.165) is 25.0 Å². The van der Waals surface area contributed by atoms with Crippen molar-refractivity contribution >= 4 is 23.5 Å². The minimum atomic E-state index is 0.211. The zero-order valence-corrected chi connectivity index (χ0v) is 11.3. The van der Waals surface area contributed by atoms with Gasteiger partial charge < -0.3 is 15.2 Å². The maximum absolute atomic E-state index is 9.29. The number of benzene rings is 1. The molecular formula is C13H17N3O2S. The molecule has 0 spiro atoms. The lowest BCUT2D eigenvalue weighted by Gasteiger charge is -2.11. The van der Waals surface area contributed by atoms with Crippen LogP contribution in [-0.4, -0.2) is 35.7 Å². The summed E-state index contributed by atoms with van der Waals surface area (Å²) in [6, 6.07) is 6.82. The van der Waals surface area contributed by atoms with Gasteiger partial charge in [-0.3, -0.25) is 5.43 Å². The number of phenolic OH excluding ortho intramolecular Hbond substituents is 1. The largest absolute Gasteiger partial charge is 0.508 e. The van der Waals surface area contributed by atoms with E-state index in [1.54, 1.807) is 24.4 Å². The zero-order valence-electron chi connectivity index (χ0n) is 10.5. The molecule has 0 unspecified atom stereocenters. The van der Waals surface area contributed by atoms with E-state index in [0.29, 0.717) is 11.7 Å². The second-order valence-electron chi connectivity index (χ2n) is 4.31. The molecule has 6 heteroatoms. The molecule has 5 nitrogen and oxygen atoms in total. The fourth-order valence-corrected chi connectivity index (χ4v) is 1.96. The van der Waals surface area contributed by atoms with Crippen molar-refractivity contribution in [1.82, 2.24) is 10.7 Å². The number of aromatic hydroxyl groups is 1. The fraction of sp³-hybridized carbons (Fsp3) is 0.385. The van der Waals surface area contributed by atoms with E-state index in [1.807, 2.05) is 6.07 Å². The average Bonchev–Trinajstić information content (AvgIpc) is 2.89. The molecule has 0 radical (unpaired) electrons. The Morgan fingerprint density at radius 3 is 3.21 bits per heavy atom. The van der Waals surface area contributed by atoms with E-state index in [2.05, 4.69) is 15.8 Å². The van der Waals surface area contributed by atoms with Gasteiger partial charge in [-0.15, -0.1) is 0 Å². The van der Waals surface area contributed by atoms with Crippen LogP contribution >= 0.6 is 12.2 Å². The Balaban J connectivity index is 1.70. The summed E-state index contributed by atoms with van der Waals surface area (Å²) in [7, 11) is 0. The predicted molar refractivity (Wildman–Crippen MR) is 78.4 cm³/mol. The van der Waals surface area contributed by atoms with Crippen molar-refractivity contribution in [2.45, 2.75) is 18.9 Å². The molecule has 1 heterocycles. The number of hydrogen-bond acceptors (Lipinski definition) is 4. The lowest BCUT2D eigenvalue weighted by atomic mass is 10.2. The van der Waals surface area contributed by atoms with Gasteiger partial charge in [-0.1, -0.05) is 12.1 Å². The first-order chi connectivity index (χ1) is 9.24. The number of hydrazone groups is 1. The molecule has 1 fully saturated rings. The molecule has 19 heavy (non-hydrogen) atoms. The molecule has 0 amide bonds. The summed E-state index contributed by atoms with van der Waals surface area (Å²) < 4.78 is 5.47. The minimum absolute atomic E-state index is 0.211. The molecule has 3 N–H and O–H groups in total. The van der Waals surface area contributed by atoms with Crippen molar-refractivity contribution in [2.24, 2.45) is 5.10 Å². The molecule has 1 aromatic carbocycles. The third-order valence-electron chi connectivity index (χ3n) is 2.76. The molecular weight excluding hydrogens is 262 g/mol. The molecule has 2 rings (SSSR count). The highest BCUT2D eigenvalue weighted by Gasteiger charge is 2.14. The molecule has 0 aliphatic carbocycles. The quantitative estimate of drug-likeness (QED) is 0.441. The van der Waals surface area contributed by atoms with E-state index in [-0.39, 0.29) is 11.9 Å². The predicted octanol–water partition coefficient (Wildman–Crippen LogP) is 1.37. The van der Waals surface area contributed by atoms with Crippen LogP contribution in [0.25, 0.3) is 0 Å². The van der Waals surface area contributed by atoms with Gasteiger partial charge in [0.1, 0.15) is 5.75 Å². The smallest absolute Gasteiger partial charge is 0.187 e. The first-order valence-electron chi connectivity index (χ1n) is 6.21. The highest BCUT2D eigenvalue weighted by molar-refractivity contribution is 7.80. The Labute approximate surface area is 117 Å². The van der Waals surface area contributed by atoms with Crippen molar-refractivity contribution < 1.29 is 9.84 Å². The van der Waals surface area contributed by atoms with Crippen LogP contribution in [-0.2, 0) is 4.74 Å². The summed E-state index contributed by atoms with van der Waals surface area (Å²) in [5, 5.41) is 16.8. The van der Waals surface area contributed by atoms with Crippen molar-refractivity contribution in [3.05, 3.63) is 29.8 Å². The van der Waals surface area contributed by atoms with Crippen molar-refractivity contribution in [3.8, 4) is 5.75 Å². The van der Waals surface area contributed by atoms with Gasteiger partial charge in [0.05, 0.1) is 12.3 Å². The molecule has 102 valence electrons. The van der Waals surface area contributed by atoms with E-state index in [4.69, 9.17) is 17.0 Å². The first kappa shape index (κ1) is 13.8. The van der Waals surface area contributed by atoms with Crippen LogP contribution in [0.3, 0.4) is 0 Å². The van der Waals surface area contributed by atoms with E-state index >= 15 is 0 Å². The Morgan fingerprint density at radius 2 is 2.47 bits per heavy atom. The summed E-state index contributed by atoms with van der Waals surface area (Å²) in [6.45, 7) is 1.54. The number of phenols is 1. The number of thiocarbonyl (C=S) groups is 1. The number of rotatable bonds is 4. The Hall–Kier alpha value is -1.66. The summed E-state index contributed by atoms with van der Waals surface area (Å²) in [5.74, 6) is 0.211.